The molecule has 4 nitrogen and oxygen atoms in total. The van der Waals surface area contributed by atoms with Crippen molar-refractivity contribution in [2.75, 3.05) is 26.4 Å². The number of hydrogen-bond donors (Lipinski definition) is 0. The van der Waals surface area contributed by atoms with Gasteiger partial charge in [-0.05, 0) is 30.5 Å². The zero-order valence-electron chi connectivity index (χ0n) is 14.5. The molecule has 1 aromatic rings. The van der Waals surface area contributed by atoms with E-state index in [1.807, 2.05) is 45.0 Å². The Morgan fingerprint density at radius 2 is 1.79 bits per heavy atom. The van der Waals surface area contributed by atoms with Crippen molar-refractivity contribution in [1.82, 2.24) is 0 Å². The number of carbonyl (C=O) groups is 1. The van der Waals surface area contributed by atoms with Crippen molar-refractivity contribution in [2.45, 2.75) is 26.7 Å². The summed E-state index contributed by atoms with van der Waals surface area (Å²) in [6.45, 7) is 7.01. The molecule has 1 rings (SSSR count). The molecule has 1 aromatic carbocycles. The zero-order valence-corrected chi connectivity index (χ0v) is 14.5. The Labute approximate surface area is 144 Å². The number of carbonyl (C=O) groups excluding carboxylic acids is 1. The smallest absolute Gasteiger partial charge is 0.314 e. The molecule has 0 aliphatic carbocycles. The second kappa shape index (κ2) is 11.2. The number of hydrogen-bond acceptors (Lipinski definition) is 4. The van der Waals surface area contributed by atoms with Crippen molar-refractivity contribution >= 4 is 5.97 Å². The Balaban J connectivity index is 2.61. The van der Waals surface area contributed by atoms with Gasteiger partial charge in [0, 0.05) is 0 Å². The highest BCUT2D eigenvalue weighted by atomic mass is 16.5. The number of terminal acetylenes is 1. The van der Waals surface area contributed by atoms with Gasteiger partial charge in [0.15, 0.2) is 6.61 Å². The third-order valence-corrected chi connectivity index (χ3v) is 3.24. The van der Waals surface area contributed by atoms with Crippen LogP contribution in [0.2, 0.25) is 0 Å². The molecule has 0 bridgehead atoms. The third-order valence-electron chi connectivity index (χ3n) is 3.24. The topological polar surface area (TPSA) is 44.8 Å². The summed E-state index contributed by atoms with van der Waals surface area (Å²) in [5.41, 5.74) is 0.906. The molecule has 0 amide bonds. The van der Waals surface area contributed by atoms with Crippen LogP contribution in [-0.4, -0.2) is 32.4 Å². The Morgan fingerprint density at radius 3 is 2.38 bits per heavy atom. The van der Waals surface area contributed by atoms with Crippen LogP contribution in [0.1, 0.15) is 32.3 Å². The summed E-state index contributed by atoms with van der Waals surface area (Å²) in [7, 11) is 0. The summed E-state index contributed by atoms with van der Waals surface area (Å²) < 4.78 is 15.7. The molecule has 0 radical (unpaired) electrons. The molecule has 24 heavy (non-hydrogen) atoms. The standard InChI is InChI=1S/C20H24O4/c1-5-13-22-14-7-8-15-24-20(21)19(16(3)4)17-9-11-18(12-10-17)23-6-2/h1,9-12,16,19H,6,13-15H2,2-4H3. The van der Waals surface area contributed by atoms with Gasteiger partial charge in [0.05, 0.1) is 12.5 Å². The maximum atomic E-state index is 12.4. The Bertz CT molecular complexity index is 599. The quantitative estimate of drug-likeness (QED) is 0.418. The largest absolute Gasteiger partial charge is 0.494 e. The lowest BCUT2D eigenvalue weighted by atomic mass is 9.88. The molecule has 0 spiro atoms. The summed E-state index contributed by atoms with van der Waals surface area (Å²) in [6.07, 6.45) is 5.05. The van der Waals surface area contributed by atoms with E-state index in [1.54, 1.807) is 0 Å². The van der Waals surface area contributed by atoms with Crippen LogP contribution in [0.5, 0.6) is 5.75 Å². The fraction of sp³-hybridized carbons (Fsp3) is 0.450. The molecule has 128 valence electrons. The van der Waals surface area contributed by atoms with E-state index < -0.39 is 0 Å². The molecule has 0 N–H and O–H groups in total. The summed E-state index contributed by atoms with van der Waals surface area (Å²) in [6, 6.07) is 7.53. The fourth-order valence-corrected chi connectivity index (χ4v) is 2.19. The monoisotopic (exact) mass is 328 g/mol. The van der Waals surface area contributed by atoms with Crippen LogP contribution >= 0.6 is 0 Å². The normalized spacial score (nSPS) is 11.1. The highest BCUT2D eigenvalue weighted by Crippen LogP contribution is 2.27. The molecule has 0 saturated heterocycles. The zero-order chi connectivity index (χ0) is 17.8. The highest BCUT2D eigenvalue weighted by Gasteiger charge is 2.25. The number of rotatable bonds is 8. The first-order chi connectivity index (χ1) is 11.6. The molecular weight excluding hydrogens is 304 g/mol. The van der Waals surface area contributed by atoms with Crippen molar-refractivity contribution in [2.24, 2.45) is 5.92 Å². The molecular formula is C20H24O4. The Morgan fingerprint density at radius 1 is 1.12 bits per heavy atom. The maximum Gasteiger partial charge on any atom is 0.314 e. The van der Waals surface area contributed by atoms with E-state index in [9.17, 15) is 4.79 Å². The van der Waals surface area contributed by atoms with Crippen molar-refractivity contribution in [1.29, 1.82) is 0 Å². The second-order valence-electron chi connectivity index (χ2n) is 5.38. The SMILES string of the molecule is C#CCOCC#CCOC(=O)C(c1ccc(OCC)cc1)C(C)C. The predicted molar refractivity (Wildman–Crippen MR) is 93.6 cm³/mol. The lowest BCUT2D eigenvalue weighted by Gasteiger charge is -2.19. The van der Waals surface area contributed by atoms with E-state index in [0.717, 1.165) is 11.3 Å². The fourth-order valence-electron chi connectivity index (χ4n) is 2.19. The van der Waals surface area contributed by atoms with Crippen LogP contribution in [0.4, 0.5) is 0 Å². The first-order valence-electron chi connectivity index (χ1n) is 7.96. The minimum Gasteiger partial charge on any atom is -0.494 e. The van der Waals surface area contributed by atoms with Gasteiger partial charge in [-0.2, -0.15) is 0 Å². The van der Waals surface area contributed by atoms with Crippen molar-refractivity contribution in [3.05, 3.63) is 29.8 Å². The highest BCUT2D eigenvalue weighted by molar-refractivity contribution is 5.78. The van der Waals surface area contributed by atoms with Crippen molar-refractivity contribution in [3.8, 4) is 29.9 Å². The summed E-state index contributed by atoms with van der Waals surface area (Å²) in [4.78, 5) is 12.4. The van der Waals surface area contributed by atoms with Crippen LogP contribution in [-0.2, 0) is 14.3 Å². The van der Waals surface area contributed by atoms with Crippen molar-refractivity contribution in [3.63, 3.8) is 0 Å². The first-order valence-corrected chi connectivity index (χ1v) is 7.96. The van der Waals surface area contributed by atoms with Crippen LogP contribution in [0, 0.1) is 30.1 Å². The van der Waals surface area contributed by atoms with Gasteiger partial charge in [-0.15, -0.1) is 6.42 Å². The van der Waals surface area contributed by atoms with Crippen LogP contribution in [0.25, 0.3) is 0 Å². The van der Waals surface area contributed by atoms with E-state index in [1.165, 1.54) is 0 Å². The molecule has 4 heteroatoms. The Kier molecular flexibility index (Phi) is 9.12. The number of ether oxygens (including phenoxy) is 3. The van der Waals surface area contributed by atoms with E-state index in [2.05, 4.69) is 17.8 Å². The summed E-state index contributed by atoms with van der Waals surface area (Å²) in [5, 5.41) is 0. The second-order valence-corrected chi connectivity index (χ2v) is 5.38. The lowest BCUT2D eigenvalue weighted by Crippen LogP contribution is -2.21. The van der Waals surface area contributed by atoms with Gasteiger partial charge < -0.3 is 14.2 Å². The molecule has 1 unspecified atom stereocenters. The average molecular weight is 328 g/mol. The van der Waals surface area contributed by atoms with Gasteiger partial charge in [-0.1, -0.05) is 43.7 Å². The van der Waals surface area contributed by atoms with Gasteiger partial charge in [0.2, 0.25) is 0 Å². The molecule has 0 aliphatic heterocycles. The molecule has 0 saturated carbocycles. The van der Waals surface area contributed by atoms with E-state index in [0.29, 0.717) is 6.61 Å². The molecule has 0 aromatic heterocycles. The number of benzene rings is 1. The van der Waals surface area contributed by atoms with Crippen LogP contribution in [0.3, 0.4) is 0 Å². The lowest BCUT2D eigenvalue weighted by molar-refractivity contribution is -0.145. The minimum absolute atomic E-state index is 0.0402. The van der Waals surface area contributed by atoms with E-state index in [4.69, 9.17) is 20.6 Å². The third kappa shape index (κ3) is 6.77. The average Bonchev–Trinajstić information content (AvgIpc) is 2.56. The minimum atomic E-state index is -0.333. The molecule has 0 fully saturated rings. The van der Waals surface area contributed by atoms with E-state index >= 15 is 0 Å². The molecule has 0 aliphatic rings. The van der Waals surface area contributed by atoms with Gasteiger partial charge in [-0.25, -0.2) is 0 Å². The van der Waals surface area contributed by atoms with Crippen LogP contribution < -0.4 is 4.74 Å². The predicted octanol–water partition coefficient (Wildman–Crippen LogP) is 3.02. The van der Waals surface area contributed by atoms with Crippen molar-refractivity contribution < 1.29 is 19.0 Å². The van der Waals surface area contributed by atoms with Crippen LogP contribution in [0.15, 0.2) is 24.3 Å². The van der Waals surface area contributed by atoms with Gasteiger partial charge in [0.25, 0.3) is 0 Å². The van der Waals surface area contributed by atoms with Gasteiger partial charge >= 0.3 is 5.97 Å². The first kappa shape index (κ1) is 19.6. The number of esters is 1. The summed E-state index contributed by atoms with van der Waals surface area (Å²) >= 11 is 0. The van der Waals surface area contributed by atoms with E-state index in [-0.39, 0.29) is 37.6 Å². The van der Waals surface area contributed by atoms with Gasteiger partial charge in [-0.3, -0.25) is 4.79 Å². The van der Waals surface area contributed by atoms with Gasteiger partial charge in [0.1, 0.15) is 19.0 Å². The maximum absolute atomic E-state index is 12.4. The summed E-state index contributed by atoms with van der Waals surface area (Å²) in [5.74, 6) is 8.12. The molecule has 1 atom stereocenters. The Hall–Kier alpha value is -2.43. The molecule has 0 heterocycles.